The molecule has 3 fully saturated rings. The minimum atomic E-state index is -0.752. The number of nitrogens with one attached hydrogen (secondary N) is 1. The Morgan fingerprint density at radius 2 is 1.90 bits per heavy atom. The van der Waals surface area contributed by atoms with Crippen LogP contribution in [0.5, 0.6) is 5.75 Å². The Hall–Kier alpha value is -4.21. The molecule has 2 saturated heterocycles. The van der Waals surface area contributed by atoms with Crippen molar-refractivity contribution in [3.63, 3.8) is 0 Å². The van der Waals surface area contributed by atoms with Crippen LogP contribution < -0.4 is 20.7 Å². The number of allylic oxidation sites excluding steroid dienone is 1. The number of amides is 4. The Balaban J connectivity index is 1.17. The van der Waals surface area contributed by atoms with E-state index in [0.29, 0.717) is 46.6 Å². The Morgan fingerprint density at radius 3 is 2.58 bits per heavy atom. The summed E-state index contributed by atoms with van der Waals surface area (Å²) in [6.07, 6.45) is 8.09. The summed E-state index contributed by atoms with van der Waals surface area (Å²) in [6, 6.07) is 8.20. The molecule has 208 valence electrons. The van der Waals surface area contributed by atoms with Gasteiger partial charge >= 0.3 is 0 Å². The number of rotatable bonds is 6. The molecule has 1 atom stereocenters. The van der Waals surface area contributed by atoms with Crippen LogP contribution in [0.1, 0.15) is 62.2 Å². The van der Waals surface area contributed by atoms with Crippen LogP contribution in [0.25, 0.3) is 10.8 Å². The first-order valence-electron chi connectivity index (χ1n) is 13.9. The van der Waals surface area contributed by atoms with Gasteiger partial charge in [-0.2, -0.15) is 0 Å². The highest BCUT2D eigenvalue weighted by Crippen LogP contribution is 2.44. The van der Waals surface area contributed by atoms with Gasteiger partial charge in [0.15, 0.2) is 5.76 Å². The lowest BCUT2D eigenvalue weighted by Crippen LogP contribution is -2.53. The van der Waals surface area contributed by atoms with Crippen LogP contribution in [0.2, 0.25) is 0 Å². The number of nitrogens with two attached hydrogens (primary N) is 1. The molecule has 3 heterocycles. The Kier molecular flexibility index (Phi) is 6.56. The lowest BCUT2D eigenvalue weighted by molar-refractivity contribution is -0.147. The smallest absolute Gasteiger partial charge is 0.259 e. The van der Waals surface area contributed by atoms with E-state index in [0.717, 1.165) is 32.1 Å². The normalized spacial score (nSPS) is 23.1. The molecule has 6 rings (SSSR count). The van der Waals surface area contributed by atoms with Gasteiger partial charge in [0.05, 0.1) is 17.9 Å². The van der Waals surface area contributed by atoms with E-state index in [1.807, 2.05) is 11.0 Å². The topological polar surface area (TPSA) is 134 Å². The summed E-state index contributed by atoms with van der Waals surface area (Å²) in [5.41, 5.74) is 6.80. The van der Waals surface area contributed by atoms with Crippen LogP contribution in [-0.2, 0) is 14.4 Å². The number of imide groups is 1. The first kappa shape index (κ1) is 26.0. The predicted molar refractivity (Wildman–Crippen MR) is 150 cm³/mol. The summed E-state index contributed by atoms with van der Waals surface area (Å²) in [5.74, 6) is 0.0728. The SMILES string of the molecule is CC1(C(=O)N2CCC(N=C/C(=C\N)Oc3ccc4c5c(cccc35)C(=O)N4C3CCC(=O)NC3=O)CC2)CCC1. The third-order valence-corrected chi connectivity index (χ3v) is 8.74. The zero-order valence-corrected chi connectivity index (χ0v) is 22.5. The van der Waals surface area contributed by atoms with Gasteiger partial charge in [-0.3, -0.25) is 34.4 Å². The molecule has 40 heavy (non-hydrogen) atoms. The molecule has 3 N–H and O–H groups in total. The number of likely N-dealkylation sites (tertiary alicyclic amines) is 1. The van der Waals surface area contributed by atoms with Crippen LogP contribution in [0.15, 0.2) is 47.3 Å². The second-order valence-corrected chi connectivity index (χ2v) is 11.3. The zero-order chi connectivity index (χ0) is 28.0. The van der Waals surface area contributed by atoms with Crippen molar-refractivity contribution < 1.29 is 23.9 Å². The fourth-order valence-electron chi connectivity index (χ4n) is 6.24. The maximum Gasteiger partial charge on any atom is 0.259 e. The van der Waals surface area contributed by atoms with E-state index < -0.39 is 11.9 Å². The highest BCUT2D eigenvalue weighted by Gasteiger charge is 2.43. The van der Waals surface area contributed by atoms with E-state index in [-0.39, 0.29) is 42.0 Å². The summed E-state index contributed by atoms with van der Waals surface area (Å²) in [7, 11) is 0. The Labute approximate surface area is 232 Å². The van der Waals surface area contributed by atoms with Gasteiger partial charge in [0.1, 0.15) is 11.8 Å². The van der Waals surface area contributed by atoms with Crippen molar-refractivity contribution in [1.29, 1.82) is 0 Å². The van der Waals surface area contributed by atoms with Gasteiger partial charge < -0.3 is 15.4 Å². The van der Waals surface area contributed by atoms with Crippen LogP contribution >= 0.6 is 0 Å². The number of anilines is 1. The van der Waals surface area contributed by atoms with Gasteiger partial charge in [-0.05, 0) is 50.3 Å². The van der Waals surface area contributed by atoms with Crippen molar-refractivity contribution in [2.24, 2.45) is 16.1 Å². The fourth-order valence-corrected chi connectivity index (χ4v) is 6.24. The Bertz CT molecular complexity index is 1470. The van der Waals surface area contributed by atoms with E-state index in [1.54, 1.807) is 30.5 Å². The molecule has 2 aromatic carbocycles. The highest BCUT2D eigenvalue weighted by molar-refractivity contribution is 6.27. The lowest BCUT2D eigenvalue weighted by atomic mass is 9.69. The van der Waals surface area contributed by atoms with Gasteiger partial charge in [0.2, 0.25) is 17.7 Å². The second-order valence-electron chi connectivity index (χ2n) is 11.3. The van der Waals surface area contributed by atoms with Gasteiger partial charge in [0, 0.05) is 47.5 Å². The molecule has 2 aromatic rings. The first-order valence-corrected chi connectivity index (χ1v) is 13.9. The van der Waals surface area contributed by atoms with E-state index in [4.69, 9.17) is 15.5 Å². The van der Waals surface area contributed by atoms with Gasteiger partial charge in [-0.1, -0.05) is 25.5 Å². The Morgan fingerprint density at radius 1 is 1.12 bits per heavy atom. The molecule has 0 bridgehead atoms. The minimum absolute atomic E-state index is 0.0734. The molecule has 4 aliphatic rings. The van der Waals surface area contributed by atoms with Crippen molar-refractivity contribution >= 4 is 46.3 Å². The molecule has 1 unspecified atom stereocenters. The number of carbonyl (C=O) groups is 4. The molecule has 1 saturated carbocycles. The number of nitrogens with zero attached hydrogens (tertiary/aromatic N) is 3. The molecule has 0 spiro atoms. The number of benzene rings is 2. The summed E-state index contributed by atoms with van der Waals surface area (Å²) < 4.78 is 6.15. The number of hydrogen-bond acceptors (Lipinski definition) is 7. The first-order chi connectivity index (χ1) is 19.3. The molecule has 0 radical (unpaired) electrons. The monoisotopic (exact) mass is 543 g/mol. The number of aliphatic imine (C=N–C) groups is 1. The van der Waals surface area contributed by atoms with Crippen LogP contribution in [0, 0.1) is 5.41 Å². The number of ether oxygens (including phenoxy) is 1. The average Bonchev–Trinajstić information content (AvgIpc) is 3.23. The van der Waals surface area contributed by atoms with Crippen molar-refractivity contribution in [3.8, 4) is 5.75 Å². The third-order valence-electron chi connectivity index (χ3n) is 8.74. The molecule has 10 heteroatoms. The van der Waals surface area contributed by atoms with Crippen molar-refractivity contribution in [2.45, 2.75) is 64.0 Å². The van der Waals surface area contributed by atoms with Crippen LogP contribution in [0.3, 0.4) is 0 Å². The van der Waals surface area contributed by atoms with Crippen molar-refractivity contribution in [2.75, 3.05) is 18.0 Å². The predicted octanol–water partition coefficient (Wildman–Crippen LogP) is 3.04. The number of hydrogen-bond donors (Lipinski definition) is 2. The van der Waals surface area contributed by atoms with Crippen LogP contribution in [-0.4, -0.2) is 59.9 Å². The minimum Gasteiger partial charge on any atom is -0.454 e. The maximum atomic E-state index is 13.4. The van der Waals surface area contributed by atoms with Gasteiger partial charge in [0.25, 0.3) is 5.91 Å². The van der Waals surface area contributed by atoms with E-state index in [2.05, 4.69) is 12.2 Å². The maximum absolute atomic E-state index is 13.4. The summed E-state index contributed by atoms with van der Waals surface area (Å²) in [5, 5.41) is 3.74. The quantitative estimate of drug-likeness (QED) is 0.327. The molecule has 3 aliphatic heterocycles. The summed E-state index contributed by atoms with van der Waals surface area (Å²) >= 11 is 0. The second kappa shape index (κ2) is 10.1. The fraction of sp³-hybridized carbons (Fsp3) is 0.433. The lowest BCUT2D eigenvalue weighted by Gasteiger charge is -2.42. The molecular weight excluding hydrogens is 510 g/mol. The summed E-state index contributed by atoms with van der Waals surface area (Å²) in [4.78, 5) is 58.6. The summed E-state index contributed by atoms with van der Waals surface area (Å²) in [6.45, 7) is 3.47. The van der Waals surface area contributed by atoms with Crippen LogP contribution in [0.4, 0.5) is 5.69 Å². The molecular formula is C30H33N5O5. The standard InChI is InChI=1S/C30H33N5O5/c1-30(12-3-13-30)29(39)34-14-10-18(11-15-34)32-17-19(16-31)40-24-8-6-22-26-20(24)4-2-5-21(26)28(38)35(22)23-7-9-25(36)33-27(23)37/h2,4-6,8,16-18,23H,3,7,9-15,31H2,1H3,(H,33,36,37)/b19-16+,32-17?. The van der Waals surface area contributed by atoms with E-state index >= 15 is 0 Å². The number of carbonyl (C=O) groups excluding carboxylic acids is 4. The number of piperidine rings is 2. The third kappa shape index (κ3) is 4.41. The molecule has 4 amide bonds. The van der Waals surface area contributed by atoms with Crippen molar-refractivity contribution in [3.05, 3.63) is 47.9 Å². The van der Waals surface area contributed by atoms with Gasteiger partial charge in [-0.15, -0.1) is 0 Å². The van der Waals surface area contributed by atoms with E-state index in [1.165, 1.54) is 11.1 Å². The highest BCUT2D eigenvalue weighted by atomic mass is 16.5. The van der Waals surface area contributed by atoms with E-state index in [9.17, 15) is 19.2 Å². The molecule has 1 aliphatic carbocycles. The molecule has 0 aromatic heterocycles. The zero-order valence-electron chi connectivity index (χ0n) is 22.5. The largest absolute Gasteiger partial charge is 0.454 e. The van der Waals surface area contributed by atoms with Gasteiger partial charge in [-0.25, -0.2) is 0 Å². The molecule has 10 nitrogen and oxygen atoms in total. The van der Waals surface area contributed by atoms with Crippen molar-refractivity contribution in [1.82, 2.24) is 10.2 Å². The average molecular weight is 544 g/mol.